The molecule has 1 aliphatic rings. The molecule has 8 heteroatoms. The Morgan fingerprint density at radius 3 is 2.96 bits per heavy atom. The highest BCUT2D eigenvalue weighted by atomic mass is 127. The summed E-state index contributed by atoms with van der Waals surface area (Å²) in [6.45, 7) is 2.97. The predicted molar refractivity (Wildman–Crippen MR) is 105 cm³/mol. The molecule has 1 unspecified atom stereocenters. The topological polar surface area (TPSA) is 68.9 Å². The lowest BCUT2D eigenvalue weighted by Crippen LogP contribution is -2.35. The Hall–Kier alpha value is -0.280. The Morgan fingerprint density at radius 1 is 1.43 bits per heavy atom. The van der Waals surface area contributed by atoms with Crippen LogP contribution in [0.3, 0.4) is 0 Å². The van der Waals surface area contributed by atoms with Gasteiger partial charge in [0.15, 0.2) is 5.96 Å². The number of nitrogens with two attached hydrogens (primary N) is 1. The van der Waals surface area contributed by atoms with Crippen molar-refractivity contribution in [3.63, 3.8) is 0 Å². The van der Waals surface area contributed by atoms with Gasteiger partial charge in [-0.05, 0) is 30.5 Å². The van der Waals surface area contributed by atoms with E-state index in [-0.39, 0.29) is 30.1 Å². The highest BCUT2D eigenvalue weighted by Crippen LogP contribution is 2.21. The van der Waals surface area contributed by atoms with Gasteiger partial charge in [-0.1, -0.05) is 29.3 Å². The summed E-state index contributed by atoms with van der Waals surface area (Å²) in [5.41, 5.74) is 6.69. The Kier molecular flexibility index (Phi) is 10.2. The molecule has 0 saturated carbocycles. The van der Waals surface area contributed by atoms with Crippen LogP contribution < -0.4 is 11.1 Å². The summed E-state index contributed by atoms with van der Waals surface area (Å²) in [4.78, 5) is 4.25. The van der Waals surface area contributed by atoms with E-state index in [9.17, 15) is 0 Å². The summed E-state index contributed by atoms with van der Waals surface area (Å²) in [6, 6.07) is 5.35. The zero-order valence-electron chi connectivity index (χ0n) is 12.8. The van der Waals surface area contributed by atoms with E-state index < -0.39 is 0 Å². The van der Waals surface area contributed by atoms with Crippen molar-refractivity contribution in [3.05, 3.63) is 33.8 Å². The van der Waals surface area contributed by atoms with E-state index in [1.807, 2.05) is 6.07 Å². The van der Waals surface area contributed by atoms with Crippen LogP contribution in [0.15, 0.2) is 23.2 Å². The smallest absolute Gasteiger partial charge is 0.188 e. The van der Waals surface area contributed by atoms with E-state index in [0.29, 0.717) is 42.3 Å². The van der Waals surface area contributed by atoms with Crippen molar-refractivity contribution < 1.29 is 9.47 Å². The Labute approximate surface area is 163 Å². The van der Waals surface area contributed by atoms with Gasteiger partial charge in [0.05, 0.1) is 25.9 Å². The molecule has 1 aromatic carbocycles. The largest absolute Gasteiger partial charge is 0.376 e. The molecule has 5 nitrogen and oxygen atoms in total. The molecule has 130 valence electrons. The predicted octanol–water partition coefficient (Wildman–Crippen LogP) is 3.21. The number of aliphatic imine (C=N–C) groups is 1. The van der Waals surface area contributed by atoms with Crippen LogP contribution in [0.4, 0.5) is 0 Å². The van der Waals surface area contributed by atoms with E-state index in [1.54, 1.807) is 12.1 Å². The number of guanidine groups is 1. The standard InChI is InChI=1S/C15H21Cl2N3O2.HI/c16-12-4-3-11(14(17)8-12)10-21-7-5-19-15(18)20-9-13-2-1-6-22-13;/h3-4,8,13H,1-2,5-7,9-10H2,(H3,18,19,20);1H. The molecule has 1 fully saturated rings. The minimum atomic E-state index is 0. The van der Waals surface area contributed by atoms with E-state index in [2.05, 4.69) is 10.3 Å². The van der Waals surface area contributed by atoms with Crippen molar-refractivity contribution >= 4 is 53.1 Å². The van der Waals surface area contributed by atoms with Crippen molar-refractivity contribution in [3.8, 4) is 0 Å². The van der Waals surface area contributed by atoms with Gasteiger partial charge < -0.3 is 20.5 Å². The number of hydrogen-bond donors (Lipinski definition) is 2. The Balaban J connectivity index is 0.00000264. The van der Waals surface area contributed by atoms with Gasteiger partial charge in [0.1, 0.15) is 0 Å². The van der Waals surface area contributed by atoms with Gasteiger partial charge in [0.25, 0.3) is 0 Å². The van der Waals surface area contributed by atoms with E-state index in [0.717, 1.165) is 25.0 Å². The van der Waals surface area contributed by atoms with Gasteiger partial charge in [-0.3, -0.25) is 4.99 Å². The Morgan fingerprint density at radius 2 is 2.26 bits per heavy atom. The number of halogens is 3. The highest BCUT2D eigenvalue weighted by Gasteiger charge is 2.14. The number of nitrogens with zero attached hydrogens (tertiary/aromatic N) is 1. The van der Waals surface area contributed by atoms with Crippen LogP contribution >= 0.6 is 47.2 Å². The molecule has 1 heterocycles. The maximum Gasteiger partial charge on any atom is 0.188 e. The molecule has 0 radical (unpaired) electrons. The minimum Gasteiger partial charge on any atom is -0.376 e. The van der Waals surface area contributed by atoms with E-state index in [1.165, 1.54) is 0 Å². The van der Waals surface area contributed by atoms with Crippen LogP contribution in [0.1, 0.15) is 18.4 Å². The summed E-state index contributed by atoms with van der Waals surface area (Å²) >= 11 is 11.9. The molecule has 1 saturated heterocycles. The van der Waals surface area contributed by atoms with Crippen LogP contribution in [0.2, 0.25) is 10.0 Å². The van der Waals surface area contributed by atoms with Crippen LogP contribution in [0.25, 0.3) is 0 Å². The zero-order valence-corrected chi connectivity index (χ0v) is 16.6. The molecule has 0 aliphatic carbocycles. The number of hydrogen-bond acceptors (Lipinski definition) is 3. The second-order valence-corrected chi connectivity index (χ2v) is 5.92. The summed E-state index contributed by atoms with van der Waals surface area (Å²) in [5.74, 6) is 0.420. The lowest BCUT2D eigenvalue weighted by molar-refractivity contribution is 0.117. The van der Waals surface area contributed by atoms with E-state index in [4.69, 9.17) is 38.4 Å². The SMILES string of the molecule is I.NC(=NCC1CCCO1)NCCOCc1ccc(Cl)cc1Cl. The minimum absolute atomic E-state index is 0. The van der Waals surface area contributed by atoms with Crippen molar-refractivity contribution in [1.82, 2.24) is 5.32 Å². The van der Waals surface area contributed by atoms with Crippen molar-refractivity contribution in [2.45, 2.75) is 25.6 Å². The molecule has 3 N–H and O–H groups in total. The normalized spacial score (nSPS) is 17.8. The third-order valence-corrected chi connectivity index (χ3v) is 3.90. The van der Waals surface area contributed by atoms with Crippen LogP contribution in [0.5, 0.6) is 0 Å². The van der Waals surface area contributed by atoms with Crippen molar-refractivity contribution in [1.29, 1.82) is 0 Å². The van der Waals surface area contributed by atoms with Gasteiger partial charge in [-0.2, -0.15) is 0 Å². The molecule has 0 aromatic heterocycles. The first-order valence-electron chi connectivity index (χ1n) is 7.32. The second-order valence-electron chi connectivity index (χ2n) is 5.08. The average Bonchev–Trinajstić information content (AvgIpc) is 3.00. The fourth-order valence-corrected chi connectivity index (χ4v) is 2.58. The Bertz CT molecular complexity index is 511. The van der Waals surface area contributed by atoms with Crippen LogP contribution in [-0.2, 0) is 16.1 Å². The first-order valence-corrected chi connectivity index (χ1v) is 8.08. The zero-order chi connectivity index (χ0) is 15.8. The fraction of sp³-hybridized carbons (Fsp3) is 0.533. The number of rotatable bonds is 7. The van der Waals surface area contributed by atoms with Crippen LogP contribution in [0, 0.1) is 0 Å². The van der Waals surface area contributed by atoms with Crippen molar-refractivity contribution in [2.24, 2.45) is 10.7 Å². The molecule has 0 spiro atoms. The molecule has 2 rings (SSSR count). The number of benzene rings is 1. The van der Waals surface area contributed by atoms with Gasteiger partial charge >= 0.3 is 0 Å². The van der Waals surface area contributed by atoms with Gasteiger partial charge in [0.2, 0.25) is 0 Å². The van der Waals surface area contributed by atoms with Crippen molar-refractivity contribution in [2.75, 3.05) is 26.3 Å². The third kappa shape index (κ3) is 7.89. The lowest BCUT2D eigenvalue weighted by Gasteiger charge is -2.09. The van der Waals surface area contributed by atoms with Gasteiger partial charge in [-0.25, -0.2) is 0 Å². The fourth-order valence-electron chi connectivity index (χ4n) is 2.12. The number of ether oxygens (including phenoxy) is 2. The molecule has 1 aliphatic heterocycles. The molecule has 0 bridgehead atoms. The monoisotopic (exact) mass is 473 g/mol. The summed E-state index contributed by atoms with van der Waals surface area (Å²) < 4.78 is 11.0. The maximum atomic E-state index is 6.07. The first kappa shape index (κ1) is 20.8. The molecular weight excluding hydrogens is 452 g/mol. The summed E-state index contributed by atoms with van der Waals surface area (Å²) in [7, 11) is 0. The maximum absolute atomic E-state index is 6.07. The number of nitrogens with one attached hydrogen (secondary N) is 1. The molecular formula is C15H22Cl2IN3O2. The quantitative estimate of drug-likeness (QED) is 0.276. The average molecular weight is 474 g/mol. The van der Waals surface area contributed by atoms with E-state index >= 15 is 0 Å². The molecule has 0 amide bonds. The molecule has 23 heavy (non-hydrogen) atoms. The summed E-state index contributed by atoms with van der Waals surface area (Å²) in [5, 5.41) is 4.24. The third-order valence-electron chi connectivity index (χ3n) is 3.31. The lowest BCUT2D eigenvalue weighted by atomic mass is 10.2. The molecule has 1 aromatic rings. The van der Waals surface area contributed by atoms with Crippen LogP contribution in [-0.4, -0.2) is 38.4 Å². The first-order chi connectivity index (χ1) is 10.6. The summed E-state index contributed by atoms with van der Waals surface area (Å²) in [6.07, 6.45) is 2.37. The van der Waals surface area contributed by atoms with Gasteiger partial charge in [0, 0.05) is 23.2 Å². The van der Waals surface area contributed by atoms with Gasteiger partial charge in [-0.15, -0.1) is 24.0 Å². The molecule has 1 atom stereocenters. The highest BCUT2D eigenvalue weighted by molar-refractivity contribution is 14.0. The second kappa shape index (κ2) is 11.3.